The molecule has 23 heavy (non-hydrogen) atoms. The molecule has 0 atom stereocenters. The predicted molar refractivity (Wildman–Crippen MR) is 85.7 cm³/mol. The van der Waals surface area contributed by atoms with Crippen LogP contribution in [0.15, 0.2) is 41.4 Å². The van der Waals surface area contributed by atoms with Gasteiger partial charge < -0.3 is 9.30 Å². The number of aromatic nitrogens is 4. The van der Waals surface area contributed by atoms with E-state index in [0.717, 1.165) is 10.3 Å². The molecule has 4 rings (SSSR count). The highest BCUT2D eigenvalue weighted by Gasteiger charge is 2.38. The van der Waals surface area contributed by atoms with Gasteiger partial charge >= 0.3 is 0 Å². The summed E-state index contributed by atoms with van der Waals surface area (Å²) in [7, 11) is 0. The lowest BCUT2D eigenvalue weighted by molar-refractivity contribution is 0.0256. The molecule has 0 radical (unpaired) electrons. The molecule has 0 spiro atoms. The summed E-state index contributed by atoms with van der Waals surface area (Å²) in [5, 5.41) is 0. The molecule has 0 bridgehead atoms. The minimum Gasteiger partial charge on any atom is -0.349 e. The highest BCUT2D eigenvalue weighted by molar-refractivity contribution is 9.10. The highest BCUT2D eigenvalue weighted by Crippen LogP contribution is 2.30. The van der Waals surface area contributed by atoms with Crippen molar-refractivity contribution in [3.05, 3.63) is 41.4 Å². The Morgan fingerprint density at radius 3 is 2.74 bits per heavy atom. The van der Waals surface area contributed by atoms with Crippen molar-refractivity contribution in [2.75, 3.05) is 18.0 Å². The third-order valence-electron chi connectivity index (χ3n) is 3.80. The van der Waals surface area contributed by atoms with Gasteiger partial charge in [0.1, 0.15) is 16.1 Å². The van der Waals surface area contributed by atoms with Gasteiger partial charge in [0.15, 0.2) is 5.65 Å². The first-order valence-electron chi connectivity index (χ1n) is 7.11. The number of imidazole rings is 1. The van der Waals surface area contributed by atoms with E-state index < -0.39 is 5.92 Å². The van der Waals surface area contributed by atoms with Crippen LogP contribution in [-0.4, -0.2) is 38.4 Å². The Morgan fingerprint density at radius 2 is 2.00 bits per heavy atom. The van der Waals surface area contributed by atoms with Crippen LogP contribution < -0.4 is 4.90 Å². The SMILES string of the molecule is FC1(F)CCN(c2cn3cc(-c4cccc(Br)n4)nc3cn2)C1. The fraction of sp³-hybridized carbons (Fsp3) is 0.267. The van der Waals surface area contributed by atoms with Crippen LogP contribution in [0.5, 0.6) is 0 Å². The van der Waals surface area contributed by atoms with E-state index >= 15 is 0 Å². The molecular weight excluding hydrogens is 368 g/mol. The molecule has 0 N–H and O–H groups in total. The lowest BCUT2D eigenvalue weighted by Gasteiger charge is -2.16. The van der Waals surface area contributed by atoms with Crippen molar-refractivity contribution in [1.29, 1.82) is 0 Å². The molecule has 8 heteroatoms. The molecule has 0 aliphatic carbocycles. The van der Waals surface area contributed by atoms with Gasteiger partial charge in [0.25, 0.3) is 5.92 Å². The second-order valence-electron chi connectivity index (χ2n) is 5.51. The molecule has 3 aromatic heterocycles. The Morgan fingerprint density at radius 1 is 1.13 bits per heavy atom. The lowest BCUT2D eigenvalue weighted by Crippen LogP contribution is -2.25. The zero-order valence-electron chi connectivity index (χ0n) is 12.0. The van der Waals surface area contributed by atoms with E-state index in [0.29, 0.717) is 23.7 Å². The summed E-state index contributed by atoms with van der Waals surface area (Å²) >= 11 is 3.33. The van der Waals surface area contributed by atoms with Crippen LogP contribution in [0.4, 0.5) is 14.6 Å². The topological polar surface area (TPSA) is 46.3 Å². The molecule has 118 valence electrons. The van der Waals surface area contributed by atoms with Gasteiger partial charge in [0, 0.05) is 19.2 Å². The minimum absolute atomic E-state index is 0.135. The second kappa shape index (κ2) is 5.23. The van der Waals surface area contributed by atoms with Crippen LogP contribution >= 0.6 is 15.9 Å². The largest absolute Gasteiger partial charge is 0.349 e. The van der Waals surface area contributed by atoms with E-state index in [1.165, 1.54) is 0 Å². The zero-order chi connectivity index (χ0) is 16.0. The number of rotatable bonds is 2. The van der Waals surface area contributed by atoms with Gasteiger partial charge in [0.2, 0.25) is 0 Å². The number of hydrogen-bond acceptors (Lipinski definition) is 4. The molecule has 3 aromatic rings. The lowest BCUT2D eigenvalue weighted by atomic mass is 10.3. The first-order valence-corrected chi connectivity index (χ1v) is 7.90. The number of alkyl halides is 2. The van der Waals surface area contributed by atoms with Crippen LogP contribution in [0.1, 0.15) is 6.42 Å². The maximum atomic E-state index is 13.4. The van der Waals surface area contributed by atoms with Gasteiger partial charge in [-0.05, 0) is 28.1 Å². The van der Waals surface area contributed by atoms with Gasteiger partial charge in [-0.2, -0.15) is 0 Å². The van der Waals surface area contributed by atoms with Crippen LogP contribution in [0.25, 0.3) is 17.0 Å². The maximum Gasteiger partial charge on any atom is 0.266 e. The first kappa shape index (κ1) is 14.5. The zero-order valence-corrected chi connectivity index (χ0v) is 13.5. The number of pyridine rings is 1. The van der Waals surface area contributed by atoms with Gasteiger partial charge in [0.05, 0.1) is 24.6 Å². The molecule has 0 aromatic carbocycles. The average Bonchev–Trinajstić information content (AvgIpc) is 3.09. The minimum atomic E-state index is -2.64. The number of anilines is 1. The smallest absolute Gasteiger partial charge is 0.266 e. The van der Waals surface area contributed by atoms with E-state index in [1.54, 1.807) is 21.7 Å². The van der Waals surface area contributed by atoms with E-state index in [-0.39, 0.29) is 13.0 Å². The molecule has 1 aliphatic rings. The Balaban J connectivity index is 1.70. The van der Waals surface area contributed by atoms with Crippen molar-refractivity contribution < 1.29 is 8.78 Å². The fourth-order valence-electron chi connectivity index (χ4n) is 2.66. The third kappa shape index (κ3) is 2.78. The van der Waals surface area contributed by atoms with Gasteiger partial charge in [-0.25, -0.2) is 23.7 Å². The van der Waals surface area contributed by atoms with Crippen LogP contribution in [0.3, 0.4) is 0 Å². The first-order chi connectivity index (χ1) is 11.0. The van der Waals surface area contributed by atoms with E-state index in [1.807, 2.05) is 24.4 Å². The van der Waals surface area contributed by atoms with Crippen LogP contribution in [0.2, 0.25) is 0 Å². The van der Waals surface area contributed by atoms with Gasteiger partial charge in [-0.1, -0.05) is 6.07 Å². The Labute approximate surface area is 139 Å². The molecule has 0 unspecified atom stereocenters. The summed E-state index contributed by atoms with van der Waals surface area (Å²) in [6.07, 6.45) is 5.01. The Kier molecular flexibility index (Phi) is 3.29. The molecule has 0 amide bonds. The number of fused-ring (bicyclic) bond motifs is 1. The predicted octanol–water partition coefficient (Wildman–Crippen LogP) is 3.40. The summed E-state index contributed by atoms with van der Waals surface area (Å²) in [4.78, 5) is 14.7. The van der Waals surface area contributed by atoms with Crippen molar-refractivity contribution >= 4 is 27.4 Å². The van der Waals surface area contributed by atoms with Crippen LogP contribution in [-0.2, 0) is 0 Å². The average molecular weight is 380 g/mol. The molecule has 4 heterocycles. The molecule has 1 fully saturated rings. The summed E-state index contributed by atoms with van der Waals surface area (Å²) < 4.78 is 29.2. The highest BCUT2D eigenvalue weighted by atomic mass is 79.9. The van der Waals surface area contributed by atoms with Crippen LogP contribution in [0, 0.1) is 0 Å². The number of hydrogen-bond donors (Lipinski definition) is 0. The molecular formula is C15H12BrF2N5. The van der Waals surface area contributed by atoms with E-state index in [4.69, 9.17) is 0 Å². The normalized spacial score (nSPS) is 17.1. The number of halogens is 3. The Bertz CT molecular complexity index is 879. The Hall–Kier alpha value is -2.09. The van der Waals surface area contributed by atoms with Crippen molar-refractivity contribution in [2.45, 2.75) is 12.3 Å². The van der Waals surface area contributed by atoms with E-state index in [9.17, 15) is 8.78 Å². The third-order valence-corrected chi connectivity index (χ3v) is 4.24. The van der Waals surface area contributed by atoms with Crippen molar-refractivity contribution in [3.8, 4) is 11.4 Å². The second-order valence-corrected chi connectivity index (χ2v) is 6.32. The molecule has 0 saturated carbocycles. The quantitative estimate of drug-likeness (QED) is 0.640. The summed E-state index contributed by atoms with van der Waals surface area (Å²) in [5.74, 6) is -2.11. The molecule has 5 nitrogen and oxygen atoms in total. The van der Waals surface area contributed by atoms with Crippen molar-refractivity contribution in [1.82, 2.24) is 19.4 Å². The maximum absolute atomic E-state index is 13.4. The van der Waals surface area contributed by atoms with Gasteiger partial charge in [-0.3, -0.25) is 0 Å². The standard InChI is InChI=1S/C15H12BrF2N5/c16-12-3-1-2-10(20-12)11-7-23-8-14(19-6-13(23)21-11)22-5-4-15(17,18)9-22/h1-3,6-8H,4-5,9H2. The fourth-order valence-corrected chi connectivity index (χ4v) is 3.00. The van der Waals surface area contributed by atoms with Gasteiger partial charge in [-0.15, -0.1) is 0 Å². The summed E-state index contributed by atoms with van der Waals surface area (Å²) in [5.41, 5.74) is 2.09. The van der Waals surface area contributed by atoms with E-state index in [2.05, 4.69) is 30.9 Å². The number of nitrogens with zero attached hydrogens (tertiary/aromatic N) is 5. The summed E-state index contributed by atoms with van der Waals surface area (Å²) in [6.45, 7) is 0.0144. The summed E-state index contributed by atoms with van der Waals surface area (Å²) in [6, 6.07) is 5.58. The van der Waals surface area contributed by atoms with Crippen molar-refractivity contribution in [3.63, 3.8) is 0 Å². The molecule has 1 saturated heterocycles. The monoisotopic (exact) mass is 379 g/mol. The molecule has 1 aliphatic heterocycles. The van der Waals surface area contributed by atoms with Crippen molar-refractivity contribution in [2.24, 2.45) is 0 Å².